The molecule has 3 nitrogen and oxygen atoms in total. The van der Waals surface area contributed by atoms with Gasteiger partial charge >= 0.3 is 0 Å². The molecular weight excluding hydrogens is 303 g/mol. The van der Waals surface area contributed by atoms with Gasteiger partial charge in [-0.05, 0) is 60.8 Å². The Kier molecular flexibility index (Phi) is 2.72. The summed E-state index contributed by atoms with van der Waals surface area (Å²) < 4.78 is 9.05. The first kappa shape index (κ1) is 10.1. The van der Waals surface area contributed by atoms with E-state index in [0.29, 0.717) is 0 Å². The van der Waals surface area contributed by atoms with Gasteiger partial charge in [0.05, 0.1) is 5.69 Å². The lowest BCUT2D eigenvalue weighted by molar-refractivity contribution is -0.0412. The molecule has 0 N–H and O–H groups in total. The van der Waals surface area contributed by atoms with Crippen LogP contribution in [0.25, 0.3) is 0 Å². The van der Waals surface area contributed by atoms with Crippen molar-refractivity contribution in [2.75, 3.05) is 6.61 Å². The van der Waals surface area contributed by atoms with E-state index >= 15 is 0 Å². The van der Waals surface area contributed by atoms with E-state index in [1.807, 2.05) is 0 Å². The lowest BCUT2D eigenvalue weighted by Crippen LogP contribution is -2.20. The molecular formula is C11H15IN2O. The van der Waals surface area contributed by atoms with E-state index < -0.39 is 0 Å². The molecule has 82 valence electrons. The highest BCUT2D eigenvalue weighted by molar-refractivity contribution is 14.1. The summed E-state index contributed by atoms with van der Waals surface area (Å²) in [6.07, 6.45) is 6.40. The van der Waals surface area contributed by atoms with E-state index in [4.69, 9.17) is 4.74 Å². The lowest BCUT2D eigenvalue weighted by atomic mass is 10.2. The Bertz CT molecular complexity index is 353. The number of rotatable bonds is 2. The van der Waals surface area contributed by atoms with Crippen molar-refractivity contribution in [1.82, 2.24) is 9.78 Å². The molecule has 1 aliphatic carbocycles. The first-order valence-electron chi connectivity index (χ1n) is 5.71. The van der Waals surface area contributed by atoms with E-state index in [0.717, 1.165) is 18.9 Å². The van der Waals surface area contributed by atoms with E-state index in [1.54, 1.807) is 0 Å². The summed E-state index contributed by atoms with van der Waals surface area (Å²) in [6.45, 7) is 0.888. The van der Waals surface area contributed by atoms with Gasteiger partial charge in [-0.3, -0.25) is 0 Å². The standard InChI is InChI=1S/C11H15IN2O/c12-10-7-9(8-4-5-8)13-14(10)11-3-1-2-6-15-11/h7-8,11H,1-6H2. The van der Waals surface area contributed by atoms with E-state index in [9.17, 15) is 0 Å². The minimum absolute atomic E-state index is 0.193. The molecule has 15 heavy (non-hydrogen) atoms. The van der Waals surface area contributed by atoms with Crippen molar-refractivity contribution in [3.63, 3.8) is 0 Å². The number of hydrogen-bond donors (Lipinski definition) is 0. The average Bonchev–Trinajstić information content (AvgIpc) is 3.04. The number of aromatic nitrogens is 2. The van der Waals surface area contributed by atoms with Crippen molar-refractivity contribution in [3.05, 3.63) is 15.5 Å². The smallest absolute Gasteiger partial charge is 0.151 e. The van der Waals surface area contributed by atoms with Crippen LogP contribution in [0.2, 0.25) is 0 Å². The molecule has 3 rings (SSSR count). The SMILES string of the molecule is Ic1cc(C2CC2)nn1C1CCCCO1. The van der Waals surface area contributed by atoms with Crippen molar-refractivity contribution in [3.8, 4) is 0 Å². The topological polar surface area (TPSA) is 27.1 Å². The number of halogens is 1. The third kappa shape index (κ3) is 2.06. The molecule has 1 saturated carbocycles. The minimum Gasteiger partial charge on any atom is -0.356 e. The first-order chi connectivity index (χ1) is 7.34. The second kappa shape index (κ2) is 4.05. The fourth-order valence-electron chi connectivity index (χ4n) is 2.09. The molecule has 2 heterocycles. The molecule has 0 radical (unpaired) electrons. The number of nitrogens with zero attached hydrogens (tertiary/aromatic N) is 2. The zero-order valence-corrected chi connectivity index (χ0v) is 10.8. The third-order valence-corrected chi connectivity index (χ3v) is 3.94. The molecule has 1 aromatic rings. The Balaban J connectivity index is 1.82. The number of hydrogen-bond acceptors (Lipinski definition) is 2. The van der Waals surface area contributed by atoms with Crippen LogP contribution in [0, 0.1) is 3.70 Å². The van der Waals surface area contributed by atoms with Crippen molar-refractivity contribution >= 4 is 22.6 Å². The van der Waals surface area contributed by atoms with Gasteiger partial charge in [0.1, 0.15) is 3.70 Å². The van der Waals surface area contributed by atoms with Crippen molar-refractivity contribution in [2.45, 2.75) is 44.2 Å². The summed E-state index contributed by atoms with van der Waals surface area (Å²) >= 11 is 2.37. The summed E-state index contributed by atoms with van der Waals surface area (Å²) in [4.78, 5) is 0. The van der Waals surface area contributed by atoms with Gasteiger partial charge in [-0.15, -0.1) is 0 Å². The largest absolute Gasteiger partial charge is 0.356 e. The van der Waals surface area contributed by atoms with Crippen LogP contribution in [0.15, 0.2) is 6.07 Å². The Morgan fingerprint density at radius 3 is 2.87 bits per heavy atom. The van der Waals surface area contributed by atoms with Gasteiger partial charge in [0, 0.05) is 12.5 Å². The first-order valence-corrected chi connectivity index (χ1v) is 6.79. The molecule has 1 unspecified atom stereocenters. The van der Waals surface area contributed by atoms with E-state index in [-0.39, 0.29) is 6.23 Å². The molecule has 4 heteroatoms. The maximum Gasteiger partial charge on any atom is 0.151 e. The summed E-state index contributed by atoms with van der Waals surface area (Å²) in [5.41, 5.74) is 1.27. The molecule has 2 aliphatic rings. The zero-order valence-electron chi connectivity index (χ0n) is 8.66. The minimum atomic E-state index is 0.193. The third-order valence-electron chi connectivity index (χ3n) is 3.13. The van der Waals surface area contributed by atoms with Crippen LogP contribution in [0.1, 0.15) is 49.9 Å². The zero-order chi connectivity index (χ0) is 10.3. The van der Waals surface area contributed by atoms with Crippen molar-refractivity contribution in [1.29, 1.82) is 0 Å². The monoisotopic (exact) mass is 318 g/mol. The average molecular weight is 318 g/mol. The Hall–Kier alpha value is -0.100. The normalized spacial score (nSPS) is 26.9. The maximum absolute atomic E-state index is 5.75. The predicted molar refractivity (Wildman–Crippen MR) is 65.8 cm³/mol. The molecule has 1 aliphatic heterocycles. The highest BCUT2D eigenvalue weighted by Crippen LogP contribution is 2.40. The van der Waals surface area contributed by atoms with Gasteiger partial charge in [-0.2, -0.15) is 5.10 Å². The van der Waals surface area contributed by atoms with Gasteiger partial charge in [0.2, 0.25) is 0 Å². The fraction of sp³-hybridized carbons (Fsp3) is 0.727. The van der Waals surface area contributed by atoms with Gasteiger partial charge in [0.25, 0.3) is 0 Å². The summed E-state index contributed by atoms with van der Waals surface area (Å²) in [6, 6.07) is 2.22. The van der Waals surface area contributed by atoms with Crippen molar-refractivity contribution in [2.24, 2.45) is 0 Å². The van der Waals surface area contributed by atoms with Crippen molar-refractivity contribution < 1.29 is 4.74 Å². The lowest BCUT2D eigenvalue weighted by Gasteiger charge is -2.23. The molecule has 1 atom stereocenters. The fourth-order valence-corrected chi connectivity index (χ4v) is 2.82. The van der Waals surface area contributed by atoms with Gasteiger partial charge in [-0.25, -0.2) is 4.68 Å². The van der Waals surface area contributed by atoms with Gasteiger partial charge in [-0.1, -0.05) is 0 Å². The summed E-state index contributed by atoms with van der Waals surface area (Å²) in [5.74, 6) is 0.739. The van der Waals surface area contributed by atoms with Crippen LogP contribution in [-0.2, 0) is 4.74 Å². The van der Waals surface area contributed by atoms with Crippen LogP contribution in [0.3, 0.4) is 0 Å². The second-order valence-electron chi connectivity index (χ2n) is 4.43. The highest BCUT2D eigenvalue weighted by Gasteiger charge is 2.28. The molecule has 2 fully saturated rings. The van der Waals surface area contributed by atoms with Gasteiger partial charge < -0.3 is 4.74 Å². The quantitative estimate of drug-likeness (QED) is 0.784. The molecule has 0 amide bonds. The second-order valence-corrected chi connectivity index (χ2v) is 5.54. The highest BCUT2D eigenvalue weighted by atomic mass is 127. The maximum atomic E-state index is 5.75. The van der Waals surface area contributed by atoms with E-state index in [1.165, 1.54) is 35.1 Å². The predicted octanol–water partition coefficient (Wildman–Crippen LogP) is 3.06. The van der Waals surface area contributed by atoms with Gasteiger partial charge in [0.15, 0.2) is 6.23 Å². The van der Waals surface area contributed by atoms with Crippen LogP contribution < -0.4 is 0 Å². The molecule has 0 bridgehead atoms. The summed E-state index contributed by atoms with van der Waals surface area (Å²) in [5, 5.41) is 4.68. The Labute approximate surface area is 103 Å². The van der Waals surface area contributed by atoms with Crippen LogP contribution in [0.5, 0.6) is 0 Å². The Morgan fingerprint density at radius 2 is 2.20 bits per heavy atom. The van der Waals surface area contributed by atoms with Crippen LogP contribution in [-0.4, -0.2) is 16.4 Å². The number of ether oxygens (including phenoxy) is 1. The molecule has 0 aromatic carbocycles. The van der Waals surface area contributed by atoms with E-state index in [2.05, 4.69) is 38.4 Å². The Morgan fingerprint density at radius 1 is 1.33 bits per heavy atom. The molecule has 1 saturated heterocycles. The molecule has 1 aromatic heterocycles. The molecule has 0 spiro atoms. The van der Waals surface area contributed by atoms with Crippen LogP contribution in [0.4, 0.5) is 0 Å². The van der Waals surface area contributed by atoms with Crippen LogP contribution >= 0.6 is 22.6 Å². The summed E-state index contributed by atoms with van der Waals surface area (Å²) in [7, 11) is 0.